The van der Waals surface area contributed by atoms with E-state index in [4.69, 9.17) is 10.6 Å². The van der Waals surface area contributed by atoms with Gasteiger partial charge in [-0.15, -0.1) is 0 Å². The minimum absolute atomic E-state index is 0.00665. The number of benzene rings is 1. The summed E-state index contributed by atoms with van der Waals surface area (Å²) >= 11 is 3.50. The van der Waals surface area contributed by atoms with Crippen LogP contribution in [0.1, 0.15) is 29.8 Å². The van der Waals surface area contributed by atoms with Gasteiger partial charge in [0.1, 0.15) is 5.75 Å². The van der Waals surface area contributed by atoms with Crippen LogP contribution in [-0.4, -0.2) is 12.1 Å². The number of nitrogens with two attached hydrogens (primary N) is 1. The molecule has 0 spiro atoms. The maximum Gasteiger partial charge on any atom is 0.133 e. The fourth-order valence-corrected chi connectivity index (χ4v) is 2.72. The van der Waals surface area contributed by atoms with Crippen LogP contribution >= 0.6 is 15.9 Å². The monoisotopic (exact) mass is 349 g/mol. The highest BCUT2D eigenvalue weighted by Crippen LogP contribution is 2.28. The Morgan fingerprint density at radius 1 is 1.33 bits per heavy atom. The van der Waals surface area contributed by atoms with Gasteiger partial charge in [-0.3, -0.25) is 16.3 Å². The lowest BCUT2D eigenvalue weighted by Gasteiger charge is -2.17. The Hall–Kier alpha value is -1.43. The molecule has 1 atom stereocenters. The lowest BCUT2D eigenvalue weighted by molar-refractivity contribution is 0.411. The number of hydrogen-bond donors (Lipinski definition) is 2. The van der Waals surface area contributed by atoms with E-state index in [-0.39, 0.29) is 6.04 Å². The van der Waals surface area contributed by atoms with Crippen LogP contribution in [0.15, 0.2) is 41.0 Å². The molecule has 0 aliphatic heterocycles. The molecule has 0 bridgehead atoms. The third kappa shape index (κ3) is 4.03. The van der Waals surface area contributed by atoms with Crippen LogP contribution in [-0.2, 0) is 12.8 Å². The molecule has 3 N–H and O–H groups in total. The maximum absolute atomic E-state index is 5.71. The van der Waals surface area contributed by atoms with Gasteiger partial charge in [-0.05, 0) is 51.7 Å². The van der Waals surface area contributed by atoms with Gasteiger partial charge in [-0.2, -0.15) is 0 Å². The van der Waals surface area contributed by atoms with Crippen LogP contribution in [0.3, 0.4) is 0 Å². The Kier molecular flexibility index (Phi) is 5.73. The summed E-state index contributed by atoms with van der Waals surface area (Å²) in [4.78, 5) is 4.49. The summed E-state index contributed by atoms with van der Waals surface area (Å²) in [5, 5.41) is 0. The van der Waals surface area contributed by atoms with E-state index < -0.39 is 0 Å². The third-order valence-electron chi connectivity index (χ3n) is 3.49. The Bertz CT molecular complexity index is 587. The molecular formula is C16H20BrN3O. The minimum Gasteiger partial charge on any atom is -0.496 e. The molecule has 0 saturated heterocycles. The second-order valence-electron chi connectivity index (χ2n) is 4.83. The number of hydrogen-bond acceptors (Lipinski definition) is 4. The highest BCUT2D eigenvalue weighted by atomic mass is 79.9. The summed E-state index contributed by atoms with van der Waals surface area (Å²) in [6.45, 7) is 2.12. The molecule has 1 aromatic heterocycles. The molecular weight excluding hydrogens is 330 g/mol. The first-order chi connectivity index (χ1) is 10.2. The van der Waals surface area contributed by atoms with Crippen LogP contribution < -0.4 is 16.0 Å². The Morgan fingerprint density at radius 2 is 2.14 bits per heavy atom. The van der Waals surface area contributed by atoms with Crippen molar-refractivity contribution in [1.29, 1.82) is 0 Å². The van der Waals surface area contributed by atoms with Gasteiger partial charge in [-0.25, -0.2) is 0 Å². The molecule has 2 rings (SSSR count). The van der Waals surface area contributed by atoms with Crippen LogP contribution in [0.4, 0.5) is 0 Å². The standard InChI is InChI=1S/C16H20BrN3O/c1-3-11-4-6-13(19-10-11)9-15(20-18)12-5-7-16(21-2)14(17)8-12/h4-8,10,15,20H,3,9,18H2,1-2H3. The number of rotatable bonds is 6. The molecule has 21 heavy (non-hydrogen) atoms. The zero-order chi connectivity index (χ0) is 15.2. The van der Waals surface area contributed by atoms with E-state index >= 15 is 0 Å². The lowest BCUT2D eigenvalue weighted by Crippen LogP contribution is -2.29. The van der Waals surface area contributed by atoms with Gasteiger partial charge in [0.25, 0.3) is 0 Å². The number of aromatic nitrogens is 1. The van der Waals surface area contributed by atoms with Crippen LogP contribution in [0.25, 0.3) is 0 Å². The van der Waals surface area contributed by atoms with Crippen molar-refractivity contribution in [3.63, 3.8) is 0 Å². The van der Waals surface area contributed by atoms with Crippen molar-refractivity contribution in [1.82, 2.24) is 10.4 Å². The predicted octanol–water partition coefficient (Wildman–Crippen LogP) is 3.16. The second-order valence-corrected chi connectivity index (χ2v) is 5.68. The normalized spacial score (nSPS) is 12.2. The lowest BCUT2D eigenvalue weighted by atomic mass is 10.0. The molecule has 0 aliphatic carbocycles. The molecule has 0 amide bonds. The first-order valence-corrected chi connectivity index (χ1v) is 7.70. The van der Waals surface area contributed by atoms with E-state index in [1.165, 1.54) is 5.56 Å². The molecule has 1 unspecified atom stereocenters. The zero-order valence-corrected chi connectivity index (χ0v) is 13.9. The van der Waals surface area contributed by atoms with E-state index in [2.05, 4.69) is 45.4 Å². The Balaban J connectivity index is 2.16. The van der Waals surface area contributed by atoms with Crippen molar-refractivity contribution >= 4 is 15.9 Å². The molecule has 0 aliphatic rings. The van der Waals surface area contributed by atoms with Gasteiger partial charge in [-0.1, -0.05) is 19.1 Å². The van der Waals surface area contributed by atoms with Crippen LogP contribution in [0, 0.1) is 0 Å². The van der Waals surface area contributed by atoms with E-state index in [0.717, 1.165) is 34.3 Å². The molecule has 0 radical (unpaired) electrons. The van der Waals surface area contributed by atoms with Gasteiger partial charge < -0.3 is 4.74 Å². The largest absolute Gasteiger partial charge is 0.496 e. The van der Waals surface area contributed by atoms with Gasteiger partial charge in [0.05, 0.1) is 17.6 Å². The highest BCUT2D eigenvalue weighted by Gasteiger charge is 2.13. The average molecular weight is 350 g/mol. The smallest absolute Gasteiger partial charge is 0.133 e. The molecule has 1 heterocycles. The van der Waals surface area contributed by atoms with Crippen LogP contribution in [0.5, 0.6) is 5.75 Å². The number of nitrogens with zero attached hydrogens (tertiary/aromatic N) is 1. The van der Waals surface area contributed by atoms with Gasteiger partial charge in [0.2, 0.25) is 0 Å². The summed E-state index contributed by atoms with van der Waals surface area (Å²) in [7, 11) is 1.65. The quantitative estimate of drug-likeness (QED) is 0.621. The van der Waals surface area contributed by atoms with Gasteiger partial charge >= 0.3 is 0 Å². The minimum atomic E-state index is 0.00665. The molecule has 2 aromatic rings. The fourth-order valence-electron chi connectivity index (χ4n) is 2.17. The predicted molar refractivity (Wildman–Crippen MR) is 88.1 cm³/mol. The first kappa shape index (κ1) is 15.9. The van der Waals surface area contributed by atoms with Gasteiger partial charge in [0, 0.05) is 18.3 Å². The molecule has 1 aromatic carbocycles. The third-order valence-corrected chi connectivity index (χ3v) is 4.11. The van der Waals surface area contributed by atoms with E-state index in [1.54, 1.807) is 7.11 Å². The Morgan fingerprint density at radius 3 is 2.67 bits per heavy atom. The SMILES string of the molecule is CCc1ccc(CC(NN)c2ccc(OC)c(Br)c2)nc1. The average Bonchev–Trinajstić information content (AvgIpc) is 2.53. The zero-order valence-electron chi connectivity index (χ0n) is 12.3. The second kappa shape index (κ2) is 7.54. The van der Waals surface area contributed by atoms with Crippen molar-refractivity contribution in [2.24, 2.45) is 5.84 Å². The molecule has 0 fully saturated rings. The number of nitrogens with one attached hydrogen (secondary N) is 1. The van der Waals surface area contributed by atoms with Crippen molar-refractivity contribution < 1.29 is 4.74 Å². The van der Waals surface area contributed by atoms with E-state index in [1.807, 2.05) is 24.4 Å². The summed E-state index contributed by atoms with van der Waals surface area (Å²) in [5.74, 6) is 6.51. The van der Waals surface area contributed by atoms with Crippen molar-refractivity contribution in [2.45, 2.75) is 25.8 Å². The molecule has 0 saturated carbocycles. The van der Waals surface area contributed by atoms with Crippen molar-refractivity contribution in [3.8, 4) is 5.75 Å². The summed E-state index contributed by atoms with van der Waals surface area (Å²) in [6, 6.07) is 10.1. The molecule has 4 nitrogen and oxygen atoms in total. The number of ether oxygens (including phenoxy) is 1. The first-order valence-electron chi connectivity index (χ1n) is 6.91. The van der Waals surface area contributed by atoms with Crippen molar-refractivity contribution in [3.05, 3.63) is 57.8 Å². The number of aryl methyl sites for hydroxylation is 1. The maximum atomic E-state index is 5.71. The molecule has 112 valence electrons. The van der Waals surface area contributed by atoms with Gasteiger partial charge in [0.15, 0.2) is 0 Å². The topological polar surface area (TPSA) is 60.2 Å². The number of halogens is 1. The fraction of sp³-hybridized carbons (Fsp3) is 0.312. The Labute approximate surface area is 133 Å². The number of methoxy groups -OCH3 is 1. The van der Waals surface area contributed by atoms with Crippen LogP contribution in [0.2, 0.25) is 0 Å². The summed E-state index contributed by atoms with van der Waals surface area (Å²) in [6.07, 6.45) is 3.66. The summed E-state index contributed by atoms with van der Waals surface area (Å²) < 4.78 is 6.16. The van der Waals surface area contributed by atoms with E-state index in [9.17, 15) is 0 Å². The number of hydrazine groups is 1. The highest BCUT2D eigenvalue weighted by molar-refractivity contribution is 9.10. The van der Waals surface area contributed by atoms with E-state index in [0.29, 0.717) is 0 Å². The molecule has 5 heteroatoms. The number of pyridine rings is 1. The summed E-state index contributed by atoms with van der Waals surface area (Å²) in [5.41, 5.74) is 6.20. The van der Waals surface area contributed by atoms with Crippen molar-refractivity contribution in [2.75, 3.05) is 7.11 Å².